The van der Waals surface area contributed by atoms with Crippen molar-refractivity contribution < 1.29 is 4.74 Å². The SMILES string of the molecule is c1ccc(-c2cc(-c3cccc(-c4cc(-c5ccccc5)nc(-c5ccccc5)n4)c3)c(-c3ccccc3)c(-c3cccc4c3Oc3cccc5cccc-4c35)c2)cc1. The van der Waals surface area contributed by atoms with E-state index in [1.165, 1.54) is 10.9 Å². The molecule has 0 N–H and O–H groups in total. The van der Waals surface area contributed by atoms with E-state index in [1.54, 1.807) is 0 Å². The van der Waals surface area contributed by atoms with Crippen molar-refractivity contribution in [1.82, 2.24) is 9.97 Å². The van der Waals surface area contributed by atoms with Crippen LogP contribution in [0.15, 0.2) is 218 Å². The Morgan fingerprint density at radius 3 is 1.53 bits per heavy atom. The Balaban J connectivity index is 1.16. The van der Waals surface area contributed by atoms with Crippen LogP contribution >= 0.6 is 0 Å². The Hall–Kier alpha value is -7.88. The van der Waals surface area contributed by atoms with Gasteiger partial charge in [-0.3, -0.25) is 0 Å². The molecule has 0 unspecified atom stereocenters. The normalized spacial score (nSPS) is 11.5. The van der Waals surface area contributed by atoms with Crippen LogP contribution in [0, 0.1) is 0 Å². The van der Waals surface area contributed by atoms with Gasteiger partial charge in [0.15, 0.2) is 5.82 Å². The summed E-state index contributed by atoms with van der Waals surface area (Å²) >= 11 is 0. The fourth-order valence-corrected chi connectivity index (χ4v) is 8.51. The van der Waals surface area contributed by atoms with Gasteiger partial charge in [0.2, 0.25) is 0 Å². The van der Waals surface area contributed by atoms with Crippen LogP contribution in [-0.2, 0) is 0 Å². The predicted molar refractivity (Wildman–Crippen MR) is 243 cm³/mol. The van der Waals surface area contributed by atoms with E-state index in [9.17, 15) is 0 Å². The van der Waals surface area contributed by atoms with Crippen molar-refractivity contribution in [3.8, 4) is 101 Å². The second-order valence-electron chi connectivity index (χ2n) is 14.9. The molecule has 276 valence electrons. The first-order valence-corrected chi connectivity index (χ1v) is 20.0. The largest absolute Gasteiger partial charge is 0.455 e. The second kappa shape index (κ2) is 14.6. The summed E-state index contributed by atoms with van der Waals surface area (Å²) in [6, 6.07) is 76.9. The molecule has 9 aromatic carbocycles. The van der Waals surface area contributed by atoms with Gasteiger partial charge in [0.1, 0.15) is 11.5 Å². The fraction of sp³-hybridized carbons (Fsp3) is 0. The summed E-state index contributed by atoms with van der Waals surface area (Å²) in [4.78, 5) is 10.3. The number of hydrogen-bond acceptors (Lipinski definition) is 3. The summed E-state index contributed by atoms with van der Waals surface area (Å²) in [7, 11) is 0. The van der Waals surface area contributed by atoms with Crippen molar-refractivity contribution in [2.75, 3.05) is 0 Å². The lowest BCUT2D eigenvalue weighted by Crippen LogP contribution is -2.00. The van der Waals surface area contributed by atoms with Crippen LogP contribution in [0.2, 0.25) is 0 Å². The number of hydrogen-bond donors (Lipinski definition) is 0. The molecule has 10 aromatic rings. The summed E-state index contributed by atoms with van der Waals surface area (Å²) < 4.78 is 6.98. The molecule has 0 amide bonds. The van der Waals surface area contributed by atoms with Crippen LogP contribution in [0.3, 0.4) is 0 Å². The lowest BCUT2D eigenvalue weighted by Gasteiger charge is -2.25. The highest BCUT2D eigenvalue weighted by Gasteiger charge is 2.26. The number of para-hydroxylation sites is 1. The smallest absolute Gasteiger partial charge is 0.160 e. The van der Waals surface area contributed by atoms with Crippen LogP contribution in [0.4, 0.5) is 0 Å². The lowest BCUT2D eigenvalue weighted by atomic mass is 9.83. The molecule has 3 heteroatoms. The van der Waals surface area contributed by atoms with Gasteiger partial charge in [-0.1, -0.05) is 188 Å². The van der Waals surface area contributed by atoms with Crippen LogP contribution in [0.5, 0.6) is 11.5 Å². The molecule has 11 rings (SSSR count). The molecule has 1 aliphatic rings. The van der Waals surface area contributed by atoms with E-state index in [1.807, 2.05) is 24.3 Å². The molecule has 59 heavy (non-hydrogen) atoms. The van der Waals surface area contributed by atoms with Gasteiger partial charge < -0.3 is 4.74 Å². The Morgan fingerprint density at radius 2 is 0.814 bits per heavy atom. The summed E-state index contributed by atoms with van der Waals surface area (Å²) in [5.74, 6) is 2.43. The monoisotopic (exact) mass is 752 g/mol. The van der Waals surface area contributed by atoms with Crippen LogP contribution in [0.1, 0.15) is 0 Å². The highest BCUT2D eigenvalue weighted by Crippen LogP contribution is 2.53. The van der Waals surface area contributed by atoms with Crippen molar-refractivity contribution in [3.63, 3.8) is 0 Å². The quantitative estimate of drug-likeness (QED) is 0.163. The van der Waals surface area contributed by atoms with E-state index in [4.69, 9.17) is 14.7 Å². The molecule has 1 aliphatic heterocycles. The number of ether oxygens (including phenoxy) is 1. The highest BCUT2D eigenvalue weighted by molar-refractivity contribution is 6.07. The van der Waals surface area contributed by atoms with Crippen molar-refractivity contribution in [3.05, 3.63) is 218 Å². The Labute approximate surface area is 343 Å². The molecule has 2 heterocycles. The van der Waals surface area contributed by atoms with Gasteiger partial charge in [-0.05, 0) is 80.2 Å². The third kappa shape index (κ3) is 6.26. The minimum Gasteiger partial charge on any atom is -0.455 e. The van der Waals surface area contributed by atoms with Crippen molar-refractivity contribution in [1.29, 1.82) is 0 Å². The van der Waals surface area contributed by atoms with E-state index < -0.39 is 0 Å². The number of fused-ring (bicyclic) bond motifs is 2. The second-order valence-corrected chi connectivity index (χ2v) is 14.9. The Kier molecular flexibility index (Phi) is 8.49. The van der Waals surface area contributed by atoms with Crippen LogP contribution < -0.4 is 4.74 Å². The van der Waals surface area contributed by atoms with Gasteiger partial charge >= 0.3 is 0 Å². The highest BCUT2D eigenvalue weighted by atomic mass is 16.5. The minimum atomic E-state index is 0.691. The maximum Gasteiger partial charge on any atom is 0.160 e. The van der Waals surface area contributed by atoms with Gasteiger partial charge in [-0.2, -0.15) is 0 Å². The zero-order valence-electron chi connectivity index (χ0n) is 32.1. The molecule has 0 spiro atoms. The van der Waals surface area contributed by atoms with Crippen molar-refractivity contribution in [2.45, 2.75) is 0 Å². The summed E-state index contributed by atoms with van der Waals surface area (Å²) in [6.07, 6.45) is 0. The first kappa shape index (κ1) is 34.4. The number of nitrogens with zero attached hydrogens (tertiary/aromatic N) is 2. The molecular weight excluding hydrogens is 717 g/mol. The standard InChI is InChI=1S/C56H36N2O/c1-5-17-37(18-6-1)44-34-48(42-27-13-28-43(33-42)51-36-50(38-19-7-2-8-20-38)57-56(58-51)41-23-11-4-12-24-41)53(39-21-9-3-10-22-39)49(35-44)47-31-16-30-46-45-29-14-25-40-26-15-32-52(54(40)45)59-55(46)47/h1-36H. The average Bonchev–Trinajstić information content (AvgIpc) is 3.32. The van der Waals surface area contributed by atoms with Gasteiger partial charge in [0.25, 0.3) is 0 Å². The Morgan fingerprint density at radius 1 is 0.305 bits per heavy atom. The molecule has 0 aliphatic carbocycles. The van der Waals surface area contributed by atoms with E-state index in [-0.39, 0.29) is 0 Å². The topological polar surface area (TPSA) is 35.0 Å². The van der Waals surface area contributed by atoms with E-state index in [0.717, 1.165) is 95.0 Å². The molecule has 1 aromatic heterocycles. The minimum absolute atomic E-state index is 0.691. The average molecular weight is 753 g/mol. The van der Waals surface area contributed by atoms with Gasteiger partial charge in [-0.15, -0.1) is 0 Å². The van der Waals surface area contributed by atoms with E-state index in [0.29, 0.717) is 5.82 Å². The summed E-state index contributed by atoms with van der Waals surface area (Å²) in [6.45, 7) is 0. The molecule has 3 nitrogen and oxygen atoms in total. The van der Waals surface area contributed by atoms with Crippen LogP contribution in [0.25, 0.3) is 100 Å². The predicted octanol–water partition coefficient (Wildman–Crippen LogP) is 15.1. The number of aromatic nitrogens is 2. The maximum atomic E-state index is 6.98. The molecular formula is C56H36N2O. The van der Waals surface area contributed by atoms with E-state index in [2.05, 4.69) is 194 Å². The van der Waals surface area contributed by atoms with Gasteiger partial charge in [-0.25, -0.2) is 9.97 Å². The zero-order chi connectivity index (χ0) is 39.1. The third-order valence-corrected chi connectivity index (χ3v) is 11.3. The molecule has 0 fully saturated rings. The third-order valence-electron chi connectivity index (χ3n) is 11.3. The number of rotatable bonds is 7. The van der Waals surface area contributed by atoms with Crippen molar-refractivity contribution >= 4 is 10.8 Å². The molecule has 0 saturated carbocycles. The molecule has 0 bridgehead atoms. The summed E-state index contributed by atoms with van der Waals surface area (Å²) in [5.41, 5.74) is 15.9. The molecule has 0 radical (unpaired) electrons. The number of benzene rings is 9. The summed E-state index contributed by atoms with van der Waals surface area (Å²) in [5, 5.41) is 2.32. The molecule has 0 saturated heterocycles. The fourth-order valence-electron chi connectivity index (χ4n) is 8.51. The van der Waals surface area contributed by atoms with Crippen LogP contribution in [-0.4, -0.2) is 9.97 Å². The first-order valence-electron chi connectivity index (χ1n) is 20.0. The maximum absolute atomic E-state index is 6.98. The lowest BCUT2D eigenvalue weighted by molar-refractivity contribution is 0.489. The Bertz CT molecular complexity index is 3100. The molecule has 0 atom stereocenters. The van der Waals surface area contributed by atoms with Crippen molar-refractivity contribution in [2.24, 2.45) is 0 Å². The van der Waals surface area contributed by atoms with E-state index >= 15 is 0 Å². The van der Waals surface area contributed by atoms with Gasteiger partial charge in [0, 0.05) is 33.2 Å². The first-order chi connectivity index (χ1) is 29.2. The van der Waals surface area contributed by atoms with Gasteiger partial charge in [0.05, 0.1) is 11.4 Å². The zero-order valence-corrected chi connectivity index (χ0v) is 32.1.